The molecular weight excluding hydrogens is 499 g/mol. The molecule has 0 saturated heterocycles. The fourth-order valence-corrected chi connectivity index (χ4v) is 3.37. The largest absolute Gasteiger partial charge is 0.357 e. The number of nitrogens with one attached hydrogen (secondary N) is 3. The number of aliphatic imine (C=N–C) groups is 1. The lowest BCUT2D eigenvalue weighted by atomic mass is 10.1. The Labute approximate surface area is 201 Å². The van der Waals surface area contributed by atoms with Crippen LogP contribution in [0.2, 0.25) is 0 Å². The second-order valence-electron chi connectivity index (χ2n) is 7.15. The molecule has 3 aromatic carbocycles. The monoisotopic (exact) mass is 530 g/mol. The van der Waals surface area contributed by atoms with Gasteiger partial charge in [0.15, 0.2) is 5.96 Å². The van der Waals surface area contributed by atoms with E-state index in [9.17, 15) is 4.79 Å². The molecule has 0 aromatic heterocycles. The first-order chi connectivity index (χ1) is 14.7. The average Bonchev–Trinajstić information content (AvgIpc) is 2.78. The normalized spacial score (nSPS) is 11.0. The van der Waals surface area contributed by atoms with E-state index >= 15 is 0 Å². The maximum atomic E-state index is 11.8. The van der Waals surface area contributed by atoms with E-state index < -0.39 is 0 Å². The van der Waals surface area contributed by atoms with Gasteiger partial charge < -0.3 is 16.0 Å². The zero-order valence-electron chi connectivity index (χ0n) is 18.2. The molecule has 31 heavy (non-hydrogen) atoms. The van der Waals surface area contributed by atoms with E-state index in [1.165, 1.54) is 16.3 Å². The maximum Gasteiger partial charge on any atom is 0.251 e. The number of halogens is 1. The van der Waals surface area contributed by atoms with Crippen molar-refractivity contribution in [1.29, 1.82) is 0 Å². The van der Waals surface area contributed by atoms with Gasteiger partial charge in [-0.3, -0.25) is 9.79 Å². The van der Waals surface area contributed by atoms with E-state index in [0.717, 1.165) is 44.0 Å². The molecule has 0 saturated carbocycles. The zero-order valence-corrected chi connectivity index (χ0v) is 20.5. The fraction of sp³-hybridized carbons (Fsp3) is 0.280. The number of fused-ring (bicyclic) bond motifs is 1. The van der Waals surface area contributed by atoms with Gasteiger partial charge in [-0.15, -0.1) is 24.0 Å². The molecule has 0 aliphatic rings. The van der Waals surface area contributed by atoms with Crippen LogP contribution >= 0.6 is 24.0 Å². The Bertz CT molecular complexity index is 1020. The van der Waals surface area contributed by atoms with Crippen LogP contribution in [0.1, 0.15) is 28.4 Å². The summed E-state index contributed by atoms with van der Waals surface area (Å²) in [6.07, 6.45) is 1.72. The summed E-state index contributed by atoms with van der Waals surface area (Å²) in [5, 5.41) is 11.9. The molecule has 0 fully saturated rings. The lowest BCUT2D eigenvalue weighted by Gasteiger charge is -2.12. The Morgan fingerprint density at radius 1 is 0.871 bits per heavy atom. The van der Waals surface area contributed by atoms with Crippen LogP contribution in [0.5, 0.6) is 0 Å². The summed E-state index contributed by atoms with van der Waals surface area (Å²) in [5.74, 6) is 0.758. The summed E-state index contributed by atoms with van der Waals surface area (Å²) >= 11 is 0. The first-order valence-electron chi connectivity index (χ1n) is 10.5. The molecule has 0 heterocycles. The van der Waals surface area contributed by atoms with Gasteiger partial charge in [-0.05, 0) is 53.8 Å². The summed E-state index contributed by atoms with van der Waals surface area (Å²) in [5.41, 5.74) is 3.10. The van der Waals surface area contributed by atoms with Gasteiger partial charge in [0.2, 0.25) is 0 Å². The van der Waals surface area contributed by atoms with Crippen molar-refractivity contribution in [2.24, 2.45) is 4.99 Å². The quantitative estimate of drug-likeness (QED) is 0.233. The number of amides is 1. The third kappa shape index (κ3) is 7.54. The number of guanidine groups is 1. The fourth-order valence-electron chi connectivity index (χ4n) is 3.37. The van der Waals surface area contributed by atoms with Gasteiger partial charge in [0, 0.05) is 32.2 Å². The van der Waals surface area contributed by atoms with Crippen LogP contribution < -0.4 is 16.0 Å². The number of nitrogens with zero attached hydrogens (tertiary/aromatic N) is 1. The highest BCUT2D eigenvalue weighted by Gasteiger charge is 2.04. The predicted octanol–water partition coefficient (Wildman–Crippen LogP) is 4.16. The number of hydrogen-bond acceptors (Lipinski definition) is 2. The molecule has 0 spiro atoms. The molecule has 0 radical (unpaired) electrons. The molecular formula is C25H31IN4O. The molecule has 0 atom stereocenters. The number of carbonyl (C=O) groups excluding carboxylic acids is 1. The van der Waals surface area contributed by atoms with Crippen LogP contribution in [0.3, 0.4) is 0 Å². The van der Waals surface area contributed by atoms with Crippen molar-refractivity contribution in [1.82, 2.24) is 16.0 Å². The van der Waals surface area contributed by atoms with E-state index in [0.29, 0.717) is 5.56 Å². The summed E-state index contributed by atoms with van der Waals surface area (Å²) in [4.78, 5) is 16.5. The first kappa shape index (κ1) is 24.7. The number of hydrogen-bond donors (Lipinski definition) is 3. The number of rotatable bonds is 8. The summed E-state index contributed by atoms with van der Waals surface area (Å²) < 4.78 is 0. The Kier molecular flexibility index (Phi) is 10.3. The number of carbonyl (C=O) groups is 1. The van der Waals surface area contributed by atoms with Crippen LogP contribution in [-0.2, 0) is 12.8 Å². The molecule has 0 aliphatic heterocycles. The van der Waals surface area contributed by atoms with Crippen molar-refractivity contribution >= 4 is 46.6 Å². The lowest BCUT2D eigenvalue weighted by molar-refractivity contribution is 0.0963. The molecule has 164 valence electrons. The summed E-state index contributed by atoms with van der Waals surface area (Å²) in [6, 6.07) is 22.7. The molecule has 3 N–H and O–H groups in total. The van der Waals surface area contributed by atoms with Crippen LogP contribution in [0, 0.1) is 0 Å². The molecule has 0 bridgehead atoms. The van der Waals surface area contributed by atoms with Gasteiger partial charge in [0.05, 0.1) is 0 Å². The SMILES string of the molecule is CCNC(=NCCc1ccc2ccccc2c1)NCCc1cccc(C(=O)NC)c1.I. The second kappa shape index (κ2) is 12.9. The lowest BCUT2D eigenvalue weighted by Crippen LogP contribution is -2.38. The molecule has 0 unspecified atom stereocenters. The van der Waals surface area contributed by atoms with Crippen molar-refractivity contribution in [3.05, 3.63) is 83.4 Å². The maximum absolute atomic E-state index is 11.8. The third-order valence-corrected chi connectivity index (χ3v) is 4.95. The molecule has 5 nitrogen and oxygen atoms in total. The highest BCUT2D eigenvalue weighted by molar-refractivity contribution is 14.0. The molecule has 6 heteroatoms. The van der Waals surface area contributed by atoms with Gasteiger partial charge in [0.25, 0.3) is 5.91 Å². The Morgan fingerprint density at radius 3 is 2.42 bits per heavy atom. The van der Waals surface area contributed by atoms with Gasteiger partial charge in [-0.25, -0.2) is 0 Å². The minimum Gasteiger partial charge on any atom is -0.357 e. The predicted molar refractivity (Wildman–Crippen MR) is 141 cm³/mol. The second-order valence-corrected chi connectivity index (χ2v) is 7.15. The Hall–Kier alpha value is -2.61. The Balaban J connectivity index is 0.00000341. The highest BCUT2D eigenvalue weighted by atomic mass is 127. The Morgan fingerprint density at radius 2 is 1.65 bits per heavy atom. The van der Waals surface area contributed by atoms with Gasteiger partial charge in [-0.1, -0.05) is 54.6 Å². The zero-order chi connectivity index (χ0) is 21.2. The van der Waals surface area contributed by atoms with E-state index in [-0.39, 0.29) is 29.9 Å². The van der Waals surface area contributed by atoms with Crippen molar-refractivity contribution < 1.29 is 4.79 Å². The van der Waals surface area contributed by atoms with Crippen LogP contribution in [-0.4, -0.2) is 38.5 Å². The van der Waals surface area contributed by atoms with Crippen LogP contribution in [0.25, 0.3) is 10.8 Å². The topological polar surface area (TPSA) is 65.5 Å². The number of benzene rings is 3. The standard InChI is InChI=1S/C25H30N4O.HI/c1-3-27-25(28-15-13-19-7-6-10-23(18-19)24(30)26-2)29-16-14-20-11-12-21-8-4-5-9-22(21)17-20;/h4-12,17-18H,3,13-16H2,1-2H3,(H,26,30)(H2,27,28,29);1H. The van der Waals surface area contributed by atoms with Crippen LogP contribution in [0.15, 0.2) is 71.7 Å². The van der Waals surface area contributed by atoms with Crippen molar-refractivity contribution in [2.75, 3.05) is 26.7 Å². The van der Waals surface area contributed by atoms with Crippen molar-refractivity contribution in [3.8, 4) is 0 Å². The minimum atomic E-state index is -0.0617. The van der Waals surface area contributed by atoms with Gasteiger partial charge >= 0.3 is 0 Å². The average molecular weight is 530 g/mol. The third-order valence-electron chi connectivity index (χ3n) is 4.95. The van der Waals surface area contributed by atoms with Crippen molar-refractivity contribution in [3.63, 3.8) is 0 Å². The molecule has 3 aromatic rings. The van der Waals surface area contributed by atoms with E-state index in [1.807, 2.05) is 24.3 Å². The highest BCUT2D eigenvalue weighted by Crippen LogP contribution is 2.16. The minimum absolute atomic E-state index is 0. The van der Waals surface area contributed by atoms with Crippen molar-refractivity contribution in [2.45, 2.75) is 19.8 Å². The molecule has 0 aliphatic carbocycles. The molecule has 3 rings (SSSR count). The summed E-state index contributed by atoms with van der Waals surface area (Å²) in [7, 11) is 1.65. The van der Waals surface area contributed by atoms with Gasteiger partial charge in [-0.2, -0.15) is 0 Å². The smallest absolute Gasteiger partial charge is 0.251 e. The van der Waals surface area contributed by atoms with E-state index in [4.69, 9.17) is 4.99 Å². The van der Waals surface area contributed by atoms with E-state index in [2.05, 4.69) is 65.3 Å². The van der Waals surface area contributed by atoms with Gasteiger partial charge in [0.1, 0.15) is 0 Å². The first-order valence-corrected chi connectivity index (χ1v) is 10.5. The van der Waals surface area contributed by atoms with E-state index in [1.54, 1.807) is 7.05 Å². The molecule has 1 amide bonds. The van der Waals surface area contributed by atoms with Crippen LogP contribution in [0.4, 0.5) is 0 Å². The summed E-state index contributed by atoms with van der Waals surface area (Å²) in [6.45, 7) is 4.35.